The largest absolute Gasteiger partial charge is 0.398 e. The number of nitrogens with one attached hydrogen (secondary N) is 1. The number of anilines is 1. The van der Waals surface area contributed by atoms with Crippen LogP contribution in [0.3, 0.4) is 0 Å². The minimum Gasteiger partial charge on any atom is -0.398 e. The summed E-state index contributed by atoms with van der Waals surface area (Å²) in [4.78, 5) is 14.4. The zero-order valence-corrected chi connectivity index (χ0v) is 16.3. The van der Waals surface area contributed by atoms with E-state index >= 15 is 0 Å². The van der Waals surface area contributed by atoms with Gasteiger partial charge in [-0.15, -0.1) is 0 Å². The highest BCUT2D eigenvalue weighted by Gasteiger charge is 2.32. The normalized spacial score (nSPS) is 13.6. The first-order valence-corrected chi connectivity index (χ1v) is 9.20. The minimum atomic E-state index is -1.09. The second-order valence-electron chi connectivity index (χ2n) is 7.82. The Balaban J connectivity index is 1.84. The van der Waals surface area contributed by atoms with Crippen LogP contribution >= 0.6 is 0 Å². The summed E-state index contributed by atoms with van der Waals surface area (Å²) in [6, 6.07) is 11.4. The highest BCUT2D eigenvalue weighted by Crippen LogP contribution is 2.38. The fourth-order valence-electron chi connectivity index (χ4n) is 3.82. The summed E-state index contributed by atoms with van der Waals surface area (Å²) < 4.78 is 0. The number of carbonyl (C=O) groups excluding carboxylic acids is 1. The van der Waals surface area contributed by atoms with Gasteiger partial charge in [-0.25, -0.2) is 0 Å². The van der Waals surface area contributed by atoms with Crippen molar-refractivity contribution in [3.8, 4) is 17.2 Å². The molecule has 0 radical (unpaired) electrons. The van der Waals surface area contributed by atoms with Gasteiger partial charge in [0.15, 0.2) is 0 Å². The molecule has 1 aliphatic rings. The van der Waals surface area contributed by atoms with Gasteiger partial charge in [0.05, 0.1) is 23.7 Å². The van der Waals surface area contributed by atoms with E-state index in [2.05, 4.69) is 16.8 Å². The van der Waals surface area contributed by atoms with Crippen LogP contribution in [0.25, 0.3) is 22.0 Å². The predicted octanol–water partition coefficient (Wildman–Crippen LogP) is 3.08. The van der Waals surface area contributed by atoms with E-state index in [0.717, 1.165) is 27.6 Å². The molecule has 0 spiro atoms. The maximum absolute atomic E-state index is 12.9. The number of fused-ring (bicyclic) bond motifs is 2. The Labute approximate surface area is 168 Å². The van der Waals surface area contributed by atoms with Gasteiger partial charge in [0.25, 0.3) is 5.91 Å². The summed E-state index contributed by atoms with van der Waals surface area (Å²) in [7, 11) is 0. The van der Waals surface area contributed by atoms with E-state index < -0.39 is 5.60 Å². The van der Waals surface area contributed by atoms with Gasteiger partial charge >= 0.3 is 0 Å². The first-order chi connectivity index (χ1) is 13.7. The number of amides is 1. The van der Waals surface area contributed by atoms with Crippen LogP contribution in [0.15, 0.2) is 42.5 Å². The molecule has 1 amide bonds. The SMILES string of the molecule is C=C(C#N)CN1Cc2c(-c3ccc4[nH]nc(C(C)(C)O)c4c3)ccc(N)c2C1=O. The highest BCUT2D eigenvalue weighted by atomic mass is 16.3. The Bertz CT molecular complexity index is 1210. The number of nitrogen functional groups attached to an aromatic ring is 1. The number of hydrogen-bond donors (Lipinski definition) is 3. The molecule has 2 aromatic carbocycles. The fourth-order valence-corrected chi connectivity index (χ4v) is 3.82. The molecular formula is C22H21N5O2. The number of carbonyl (C=O) groups is 1. The third-order valence-electron chi connectivity index (χ3n) is 5.19. The van der Waals surface area contributed by atoms with Gasteiger partial charge in [-0.3, -0.25) is 9.89 Å². The molecular weight excluding hydrogens is 366 g/mol. The average Bonchev–Trinajstić information content (AvgIpc) is 3.23. The molecule has 2 heterocycles. The number of aromatic amines is 1. The molecule has 29 heavy (non-hydrogen) atoms. The van der Waals surface area contributed by atoms with Crippen LogP contribution in [0.5, 0.6) is 0 Å². The molecule has 0 saturated heterocycles. The Morgan fingerprint density at radius 2 is 2.17 bits per heavy atom. The summed E-state index contributed by atoms with van der Waals surface area (Å²) in [6.45, 7) is 7.59. The van der Waals surface area contributed by atoms with Gasteiger partial charge in [-0.05, 0) is 48.7 Å². The van der Waals surface area contributed by atoms with E-state index in [9.17, 15) is 9.90 Å². The van der Waals surface area contributed by atoms with Gasteiger partial charge in [0, 0.05) is 23.2 Å². The summed E-state index contributed by atoms with van der Waals surface area (Å²) in [5.41, 5.74) is 10.2. The smallest absolute Gasteiger partial charge is 0.256 e. The van der Waals surface area contributed by atoms with Crippen molar-refractivity contribution in [2.75, 3.05) is 12.3 Å². The van der Waals surface area contributed by atoms with Crippen molar-refractivity contribution >= 4 is 22.5 Å². The maximum Gasteiger partial charge on any atom is 0.256 e. The first-order valence-electron chi connectivity index (χ1n) is 9.20. The maximum atomic E-state index is 12.9. The quantitative estimate of drug-likeness (QED) is 0.469. The second-order valence-corrected chi connectivity index (χ2v) is 7.82. The van der Waals surface area contributed by atoms with Crippen LogP contribution < -0.4 is 5.73 Å². The van der Waals surface area contributed by atoms with Gasteiger partial charge in [-0.1, -0.05) is 18.7 Å². The summed E-state index contributed by atoms with van der Waals surface area (Å²) in [5.74, 6) is -0.197. The topological polar surface area (TPSA) is 119 Å². The van der Waals surface area contributed by atoms with Crippen molar-refractivity contribution < 1.29 is 9.90 Å². The molecule has 3 aromatic rings. The van der Waals surface area contributed by atoms with Crippen LogP contribution in [0, 0.1) is 11.3 Å². The molecule has 0 atom stereocenters. The monoisotopic (exact) mass is 387 g/mol. The molecule has 0 unspecified atom stereocenters. The van der Waals surface area contributed by atoms with Gasteiger partial charge < -0.3 is 15.7 Å². The Morgan fingerprint density at radius 3 is 2.86 bits per heavy atom. The zero-order valence-electron chi connectivity index (χ0n) is 16.3. The predicted molar refractivity (Wildman–Crippen MR) is 111 cm³/mol. The number of H-pyrrole nitrogens is 1. The molecule has 0 bridgehead atoms. The third kappa shape index (κ3) is 3.04. The van der Waals surface area contributed by atoms with Crippen LogP contribution in [0.2, 0.25) is 0 Å². The Hall–Kier alpha value is -3.63. The molecule has 7 nitrogen and oxygen atoms in total. The molecule has 0 fully saturated rings. The third-order valence-corrected chi connectivity index (χ3v) is 5.19. The highest BCUT2D eigenvalue weighted by molar-refractivity contribution is 6.05. The van der Waals surface area contributed by atoms with E-state index in [1.54, 1.807) is 24.8 Å². The lowest BCUT2D eigenvalue weighted by Crippen LogP contribution is -2.26. The summed E-state index contributed by atoms with van der Waals surface area (Å²) in [5, 5.41) is 27.5. The number of nitrogens with zero attached hydrogens (tertiary/aromatic N) is 3. The van der Waals surface area contributed by atoms with E-state index in [0.29, 0.717) is 29.1 Å². The molecule has 0 aliphatic carbocycles. The Morgan fingerprint density at radius 1 is 1.41 bits per heavy atom. The summed E-state index contributed by atoms with van der Waals surface area (Å²) >= 11 is 0. The fraction of sp³-hybridized carbons (Fsp3) is 0.227. The number of nitriles is 1. The minimum absolute atomic E-state index is 0.173. The standard InChI is InChI=1S/C22H21N5O2/c1-12(9-23)10-27-11-16-14(5-6-17(24)19(16)21(27)28)13-4-7-18-15(8-13)20(26-25-18)22(2,3)29/h4-8,29H,1,10-11,24H2,2-3H3,(H,25,26). The number of nitrogens with two attached hydrogens (primary N) is 1. The van der Waals surface area contributed by atoms with Gasteiger partial charge in [0.1, 0.15) is 11.3 Å². The molecule has 0 saturated carbocycles. The van der Waals surface area contributed by atoms with Crippen molar-refractivity contribution in [1.82, 2.24) is 15.1 Å². The van der Waals surface area contributed by atoms with Gasteiger partial charge in [0.2, 0.25) is 0 Å². The van der Waals surface area contributed by atoms with Crippen LogP contribution in [-0.2, 0) is 12.1 Å². The first kappa shape index (κ1) is 18.7. The van der Waals surface area contributed by atoms with E-state index in [1.807, 2.05) is 30.3 Å². The lowest BCUT2D eigenvalue weighted by Gasteiger charge is -2.15. The number of rotatable bonds is 4. The number of hydrogen-bond acceptors (Lipinski definition) is 5. The van der Waals surface area contributed by atoms with Crippen LogP contribution in [0.4, 0.5) is 5.69 Å². The molecule has 4 N–H and O–H groups in total. The van der Waals surface area contributed by atoms with Crippen molar-refractivity contribution in [2.24, 2.45) is 0 Å². The van der Waals surface area contributed by atoms with E-state index in [1.165, 1.54) is 0 Å². The van der Waals surface area contributed by atoms with Crippen molar-refractivity contribution in [1.29, 1.82) is 5.26 Å². The second kappa shape index (κ2) is 6.47. The van der Waals surface area contributed by atoms with Crippen molar-refractivity contribution in [3.63, 3.8) is 0 Å². The average molecular weight is 387 g/mol. The number of benzene rings is 2. The van der Waals surface area contributed by atoms with Crippen LogP contribution in [-0.4, -0.2) is 32.7 Å². The molecule has 7 heteroatoms. The van der Waals surface area contributed by atoms with Crippen LogP contribution in [0.1, 0.15) is 35.5 Å². The number of aliphatic hydroxyl groups is 1. The van der Waals surface area contributed by atoms with E-state index in [-0.39, 0.29) is 12.5 Å². The van der Waals surface area contributed by atoms with Crippen molar-refractivity contribution in [3.05, 3.63) is 59.3 Å². The molecule has 1 aliphatic heterocycles. The van der Waals surface area contributed by atoms with E-state index in [4.69, 9.17) is 11.0 Å². The molecule has 4 rings (SSSR count). The molecule has 1 aromatic heterocycles. The Kier molecular flexibility index (Phi) is 4.17. The number of aromatic nitrogens is 2. The lowest BCUT2D eigenvalue weighted by molar-refractivity contribution is 0.0752. The zero-order chi connectivity index (χ0) is 20.9. The molecule has 146 valence electrons. The van der Waals surface area contributed by atoms with Gasteiger partial charge in [-0.2, -0.15) is 10.4 Å². The van der Waals surface area contributed by atoms with Crippen molar-refractivity contribution in [2.45, 2.75) is 26.0 Å². The summed E-state index contributed by atoms with van der Waals surface area (Å²) in [6.07, 6.45) is 0. The lowest BCUT2D eigenvalue weighted by atomic mass is 9.93.